The maximum atomic E-state index is 5.72. The Kier molecular flexibility index (Phi) is 3.07. The third kappa shape index (κ3) is 2.38. The summed E-state index contributed by atoms with van der Waals surface area (Å²) >= 11 is 5.19. The number of rotatable bonds is 2. The minimum absolute atomic E-state index is 0.655. The van der Waals surface area contributed by atoms with Gasteiger partial charge in [-0.3, -0.25) is 0 Å². The van der Waals surface area contributed by atoms with Crippen LogP contribution >= 0.6 is 27.3 Å². The van der Waals surface area contributed by atoms with E-state index < -0.39 is 0 Å². The maximum Gasteiger partial charge on any atom is 0.137 e. The Hall–Kier alpha value is -0.870. The van der Waals surface area contributed by atoms with E-state index in [2.05, 4.69) is 27.0 Å². The Morgan fingerprint density at radius 3 is 2.73 bits per heavy atom. The summed E-state index contributed by atoms with van der Waals surface area (Å²) in [6.07, 6.45) is 0.837. The molecule has 0 radical (unpaired) electrons. The van der Waals surface area contributed by atoms with E-state index in [9.17, 15) is 0 Å². The molecule has 0 spiro atoms. The first-order valence-electron chi connectivity index (χ1n) is 4.62. The number of hydrogen-bond acceptors (Lipinski definition) is 3. The van der Waals surface area contributed by atoms with Crippen molar-refractivity contribution in [1.29, 1.82) is 0 Å². The van der Waals surface area contributed by atoms with Gasteiger partial charge in [0, 0.05) is 15.8 Å². The fourth-order valence-electron chi connectivity index (χ4n) is 1.35. The molecule has 0 saturated heterocycles. The van der Waals surface area contributed by atoms with E-state index in [-0.39, 0.29) is 0 Å². The van der Waals surface area contributed by atoms with Crippen molar-refractivity contribution < 1.29 is 0 Å². The predicted octanol–water partition coefficient (Wildman–Crippen LogP) is 3.39. The lowest BCUT2D eigenvalue weighted by molar-refractivity contribution is 1.13. The molecule has 0 aliphatic carbocycles. The van der Waals surface area contributed by atoms with E-state index in [0.717, 1.165) is 20.8 Å². The summed E-state index contributed by atoms with van der Waals surface area (Å²) in [7, 11) is 0. The fraction of sp³-hybridized carbons (Fsp3) is 0.182. The smallest absolute Gasteiger partial charge is 0.137 e. The SMILES string of the molecule is Cc1sc(Cc2ccccc2Br)nc1N. The number of halogens is 1. The van der Waals surface area contributed by atoms with Crippen LogP contribution in [0.2, 0.25) is 0 Å². The second-order valence-electron chi connectivity index (χ2n) is 3.32. The highest BCUT2D eigenvalue weighted by molar-refractivity contribution is 9.10. The molecule has 2 nitrogen and oxygen atoms in total. The molecule has 2 N–H and O–H groups in total. The number of nitrogens with two attached hydrogens (primary N) is 1. The van der Waals surface area contributed by atoms with Crippen LogP contribution in [0.4, 0.5) is 5.82 Å². The summed E-state index contributed by atoms with van der Waals surface area (Å²) in [6.45, 7) is 2.00. The lowest BCUT2D eigenvalue weighted by atomic mass is 10.2. The largest absolute Gasteiger partial charge is 0.383 e. The van der Waals surface area contributed by atoms with Crippen LogP contribution in [0.15, 0.2) is 28.7 Å². The highest BCUT2D eigenvalue weighted by atomic mass is 79.9. The highest BCUT2D eigenvalue weighted by Crippen LogP contribution is 2.24. The molecule has 0 unspecified atom stereocenters. The van der Waals surface area contributed by atoms with E-state index in [1.54, 1.807) is 11.3 Å². The molecular weight excluding hydrogens is 272 g/mol. The third-order valence-corrected chi connectivity index (χ3v) is 3.94. The monoisotopic (exact) mass is 282 g/mol. The van der Waals surface area contributed by atoms with Crippen LogP contribution in [-0.2, 0) is 6.42 Å². The minimum atomic E-state index is 0.655. The summed E-state index contributed by atoms with van der Waals surface area (Å²) in [5, 5.41) is 1.07. The molecule has 1 aromatic heterocycles. The quantitative estimate of drug-likeness (QED) is 0.917. The van der Waals surface area contributed by atoms with Crippen molar-refractivity contribution in [2.24, 2.45) is 0 Å². The number of aryl methyl sites for hydroxylation is 1. The number of nitrogens with zero attached hydrogens (tertiary/aromatic N) is 1. The van der Waals surface area contributed by atoms with E-state index in [4.69, 9.17) is 5.73 Å². The zero-order valence-corrected chi connectivity index (χ0v) is 10.7. The summed E-state index contributed by atoms with van der Waals surface area (Å²) in [4.78, 5) is 5.42. The summed E-state index contributed by atoms with van der Waals surface area (Å²) in [5.41, 5.74) is 6.96. The number of benzene rings is 1. The van der Waals surface area contributed by atoms with Crippen LogP contribution in [0, 0.1) is 6.92 Å². The highest BCUT2D eigenvalue weighted by Gasteiger charge is 2.06. The number of aromatic nitrogens is 1. The van der Waals surface area contributed by atoms with E-state index >= 15 is 0 Å². The van der Waals surface area contributed by atoms with Gasteiger partial charge in [0.1, 0.15) is 5.82 Å². The Balaban J connectivity index is 2.26. The van der Waals surface area contributed by atoms with Gasteiger partial charge in [0.05, 0.1) is 5.01 Å². The zero-order chi connectivity index (χ0) is 10.8. The molecule has 0 amide bonds. The van der Waals surface area contributed by atoms with Crippen molar-refractivity contribution in [2.45, 2.75) is 13.3 Å². The molecule has 78 valence electrons. The van der Waals surface area contributed by atoms with Crippen LogP contribution in [0.1, 0.15) is 15.4 Å². The zero-order valence-electron chi connectivity index (χ0n) is 8.33. The van der Waals surface area contributed by atoms with Gasteiger partial charge in [0.2, 0.25) is 0 Å². The normalized spacial score (nSPS) is 10.5. The molecule has 0 atom stereocenters. The molecule has 0 aliphatic heterocycles. The first-order chi connectivity index (χ1) is 7.16. The van der Waals surface area contributed by atoms with Crippen molar-refractivity contribution in [2.75, 3.05) is 5.73 Å². The molecular formula is C11H11BrN2S. The second-order valence-corrected chi connectivity index (χ2v) is 5.46. The van der Waals surface area contributed by atoms with Gasteiger partial charge in [-0.25, -0.2) is 4.98 Å². The van der Waals surface area contributed by atoms with Gasteiger partial charge in [-0.05, 0) is 18.6 Å². The van der Waals surface area contributed by atoms with Gasteiger partial charge in [0.25, 0.3) is 0 Å². The van der Waals surface area contributed by atoms with Gasteiger partial charge in [0.15, 0.2) is 0 Å². The van der Waals surface area contributed by atoms with E-state index in [1.807, 2.05) is 25.1 Å². The average Bonchev–Trinajstić information content (AvgIpc) is 2.50. The molecule has 0 aliphatic rings. The Morgan fingerprint density at radius 1 is 1.40 bits per heavy atom. The molecule has 1 aromatic carbocycles. The Bertz CT molecular complexity index is 460. The van der Waals surface area contributed by atoms with Crippen LogP contribution in [-0.4, -0.2) is 4.98 Å². The minimum Gasteiger partial charge on any atom is -0.383 e. The van der Waals surface area contributed by atoms with E-state index in [0.29, 0.717) is 5.82 Å². The number of hydrogen-bond donors (Lipinski definition) is 1. The Labute approximate surface area is 101 Å². The van der Waals surface area contributed by atoms with Crippen LogP contribution in [0.3, 0.4) is 0 Å². The van der Waals surface area contributed by atoms with Crippen molar-refractivity contribution in [3.63, 3.8) is 0 Å². The molecule has 2 rings (SSSR count). The molecule has 0 bridgehead atoms. The summed E-state index contributed by atoms with van der Waals surface area (Å²) in [6, 6.07) is 8.18. The van der Waals surface area contributed by atoms with Gasteiger partial charge >= 0.3 is 0 Å². The van der Waals surface area contributed by atoms with Crippen LogP contribution in [0.5, 0.6) is 0 Å². The fourth-order valence-corrected chi connectivity index (χ4v) is 2.65. The van der Waals surface area contributed by atoms with Crippen molar-refractivity contribution in [1.82, 2.24) is 4.98 Å². The van der Waals surface area contributed by atoms with Crippen LogP contribution in [0.25, 0.3) is 0 Å². The molecule has 2 aromatic rings. The average molecular weight is 283 g/mol. The van der Waals surface area contributed by atoms with Gasteiger partial charge in [-0.1, -0.05) is 34.1 Å². The molecule has 0 fully saturated rings. The lowest BCUT2D eigenvalue weighted by Crippen LogP contribution is -1.90. The third-order valence-electron chi connectivity index (χ3n) is 2.18. The first kappa shape index (κ1) is 10.6. The number of thiazole rings is 1. The van der Waals surface area contributed by atoms with Gasteiger partial charge < -0.3 is 5.73 Å². The standard InChI is InChI=1S/C11H11BrN2S/c1-7-11(13)14-10(15-7)6-8-4-2-3-5-9(8)12/h2-5H,6,13H2,1H3. The van der Waals surface area contributed by atoms with Crippen molar-refractivity contribution in [3.05, 3.63) is 44.2 Å². The molecule has 1 heterocycles. The van der Waals surface area contributed by atoms with E-state index in [1.165, 1.54) is 5.56 Å². The topological polar surface area (TPSA) is 38.9 Å². The molecule has 4 heteroatoms. The van der Waals surface area contributed by atoms with Crippen LogP contribution < -0.4 is 5.73 Å². The predicted molar refractivity (Wildman–Crippen MR) is 68.2 cm³/mol. The number of nitrogen functional groups attached to an aromatic ring is 1. The van der Waals surface area contributed by atoms with Crippen molar-refractivity contribution >= 4 is 33.1 Å². The summed E-state index contributed by atoms with van der Waals surface area (Å²) < 4.78 is 1.12. The van der Waals surface area contributed by atoms with Crippen molar-refractivity contribution in [3.8, 4) is 0 Å². The molecule has 15 heavy (non-hydrogen) atoms. The number of anilines is 1. The van der Waals surface area contributed by atoms with Gasteiger partial charge in [-0.2, -0.15) is 0 Å². The van der Waals surface area contributed by atoms with Gasteiger partial charge in [-0.15, -0.1) is 11.3 Å². The summed E-state index contributed by atoms with van der Waals surface area (Å²) in [5.74, 6) is 0.655. The maximum absolute atomic E-state index is 5.72. The molecule has 0 saturated carbocycles. The lowest BCUT2D eigenvalue weighted by Gasteiger charge is -2.00. The first-order valence-corrected chi connectivity index (χ1v) is 6.23. The second kappa shape index (κ2) is 4.33. The Morgan fingerprint density at radius 2 is 2.13 bits per heavy atom.